The molecule has 0 N–H and O–H groups in total. The summed E-state index contributed by atoms with van der Waals surface area (Å²) in [6, 6.07) is 3.68. The molecule has 0 radical (unpaired) electrons. The zero-order valence-electron chi connectivity index (χ0n) is 12.5. The molecule has 0 saturated carbocycles. The van der Waals surface area contributed by atoms with Crippen LogP contribution in [0.3, 0.4) is 0 Å². The summed E-state index contributed by atoms with van der Waals surface area (Å²) in [5.41, 5.74) is 1.88. The van der Waals surface area contributed by atoms with Gasteiger partial charge in [0, 0.05) is 17.5 Å². The van der Waals surface area contributed by atoms with Crippen LogP contribution in [0, 0.1) is 0 Å². The van der Waals surface area contributed by atoms with E-state index in [1.807, 2.05) is 16.8 Å². The van der Waals surface area contributed by atoms with Crippen molar-refractivity contribution < 1.29 is 23.7 Å². The molecule has 1 atom stereocenters. The van der Waals surface area contributed by atoms with Crippen molar-refractivity contribution in [1.29, 1.82) is 0 Å². The molecule has 0 aliphatic carbocycles. The molecule has 116 valence electrons. The molecular weight excluding hydrogens is 304 g/mol. The van der Waals surface area contributed by atoms with Crippen molar-refractivity contribution in [3.8, 4) is 23.0 Å². The number of hydrogen-bond acceptors (Lipinski definition) is 6. The average Bonchev–Trinajstić information content (AvgIpc) is 3.06. The predicted molar refractivity (Wildman–Crippen MR) is 82.5 cm³/mol. The summed E-state index contributed by atoms with van der Waals surface area (Å²) in [6.07, 6.45) is 0.273. The van der Waals surface area contributed by atoms with Crippen molar-refractivity contribution in [1.82, 2.24) is 0 Å². The third-order valence-corrected chi connectivity index (χ3v) is 4.42. The fraction of sp³-hybridized carbons (Fsp3) is 0.312. The SMILES string of the molecule is COc1cc2c(c(OC)c1OC)[C@H](c1ccsc1)CC(=O)O2. The Morgan fingerprint density at radius 1 is 1.18 bits per heavy atom. The van der Waals surface area contributed by atoms with E-state index in [1.54, 1.807) is 31.6 Å². The van der Waals surface area contributed by atoms with E-state index in [9.17, 15) is 4.79 Å². The topological polar surface area (TPSA) is 54.0 Å². The zero-order chi connectivity index (χ0) is 15.7. The van der Waals surface area contributed by atoms with Gasteiger partial charge in [0.15, 0.2) is 11.5 Å². The number of fused-ring (bicyclic) bond motifs is 1. The van der Waals surface area contributed by atoms with E-state index in [0.717, 1.165) is 11.1 Å². The smallest absolute Gasteiger partial charge is 0.312 e. The molecule has 1 aromatic carbocycles. The van der Waals surface area contributed by atoms with E-state index in [4.69, 9.17) is 18.9 Å². The van der Waals surface area contributed by atoms with Gasteiger partial charge in [-0.1, -0.05) is 0 Å². The van der Waals surface area contributed by atoms with Gasteiger partial charge in [0.1, 0.15) is 5.75 Å². The number of ether oxygens (including phenoxy) is 4. The summed E-state index contributed by atoms with van der Waals surface area (Å²) in [7, 11) is 4.66. The molecule has 0 fully saturated rings. The van der Waals surface area contributed by atoms with Crippen molar-refractivity contribution in [2.75, 3.05) is 21.3 Å². The van der Waals surface area contributed by atoms with Gasteiger partial charge in [-0.2, -0.15) is 11.3 Å². The molecule has 0 unspecified atom stereocenters. The maximum Gasteiger partial charge on any atom is 0.312 e. The molecule has 22 heavy (non-hydrogen) atoms. The van der Waals surface area contributed by atoms with Gasteiger partial charge in [-0.05, 0) is 22.4 Å². The molecule has 1 aromatic heterocycles. The fourth-order valence-electron chi connectivity index (χ4n) is 2.76. The highest BCUT2D eigenvalue weighted by Gasteiger charge is 2.35. The molecular formula is C16H16O5S. The first-order chi connectivity index (χ1) is 10.7. The molecule has 1 aliphatic heterocycles. The largest absolute Gasteiger partial charge is 0.493 e. The normalized spacial score (nSPS) is 16.7. The second-order valence-electron chi connectivity index (χ2n) is 4.84. The molecule has 2 heterocycles. The highest BCUT2D eigenvalue weighted by molar-refractivity contribution is 7.08. The summed E-state index contributed by atoms with van der Waals surface area (Å²) in [5, 5.41) is 4.02. The minimum Gasteiger partial charge on any atom is -0.493 e. The molecule has 6 heteroatoms. The average molecular weight is 320 g/mol. The standard InChI is InChI=1S/C16H16O5S/c1-18-12-7-11-14(16(20-3)15(12)19-2)10(6-13(17)21-11)9-4-5-22-8-9/h4-5,7-8,10H,6H2,1-3H3/t10-/m0/s1. The van der Waals surface area contributed by atoms with Gasteiger partial charge >= 0.3 is 5.97 Å². The van der Waals surface area contributed by atoms with Crippen LogP contribution in [0.4, 0.5) is 0 Å². The number of rotatable bonds is 4. The summed E-state index contributed by atoms with van der Waals surface area (Å²) in [6.45, 7) is 0. The van der Waals surface area contributed by atoms with Crippen LogP contribution >= 0.6 is 11.3 Å². The number of carbonyl (C=O) groups is 1. The second kappa shape index (κ2) is 5.88. The summed E-state index contributed by atoms with van der Waals surface area (Å²) in [5.74, 6) is 1.59. The summed E-state index contributed by atoms with van der Waals surface area (Å²) >= 11 is 1.59. The van der Waals surface area contributed by atoms with Crippen molar-refractivity contribution in [3.05, 3.63) is 34.0 Å². The Bertz CT molecular complexity index is 693. The third-order valence-electron chi connectivity index (χ3n) is 3.72. The van der Waals surface area contributed by atoms with Crippen LogP contribution in [-0.4, -0.2) is 27.3 Å². The lowest BCUT2D eigenvalue weighted by Crippen LogP contribution is -2.21. The lowest BCUT2D eigenvalue weighted by molar-refractivity contribution is -0.135. The maximum absolute atomic E-state index is 12.0. The number of thiophene rings is 1. The Labute approximate surface area is 132 Å². The minimum absolute atomic E-state index is 0.114. The van der Waals surface area contributed by atoms with Gasteiger partial charge in [0.25, 0.3) is 0 Å². The predicted octanol–water partition coefficient (Wildman–Crippen LogP) is 3.21. The Morgan fingerprint density at radius 2 is 1.95 bits per heavy atom. The minimum atomic E-state index is -0.266. The van der Waals surface area contributed by atoms with Crippen LogP contribution in [-0.2, 0) is 4.79 Å². The second-order valence-corrected chi connectivity index (χ2v) is 5.62. The number of hydrogen-bond donors (Lipinski definition) is 0. The summed E-state index contributed by atoms with van der Waals surface area (Å²) < 4.78 is 21.7. The molecule has 0 amide bonds. The number of carbonyl (C=O) groups excluding carboxylic acids is 1. The number of benzene rings is 1. The van der Waals surface area contributed by atoms with E-state index in [1.165, 1.54) is 7.11 Å². The van der Waals surface area contributed by atoms with Gasteiger partial charge < -0.3 is 18.9 Å². The summed E-state index contributed by atoms with van der Waals surface area (Å²) in [4.78, 5) is 12.0. The van der Waals surface area contributed by atoms with Crippen LogP contribution in [0.1, 0.15) is 23.5 Å². The van der Waals surface area contributed by atoms with E-state index in [2.05, 4.69) is 0 Å². The monoisotopic (exact) mass is 320 g/mol. The van der Waals surface area contributed by atoms with Gasteiger partial charge in [-0.25, -0.2) is 0 Å². The lowest BCUT2D eigenvalue weighted by Gasteiger charge is -2.27. The molecule has 0 bridgehead atoms. The Balaban J connectivity index is 2.25. The van der Waals surface area contributed by atoms with Crippen LogP contribution in [0.25, 0.3) is 0 Å². The highest BCUT2D eigenvalue weighted by Crippen LogP contribution is 2.52. The zero-order valence-corrected chi connectivity index (χ0v) is 13.4. The Kier molecular flexibility index (Phi) is 3.94. The third kappa shape index (κ3) is 2.29. The lowest BCUT2D eigenvalue weighted by atomic mass is 9.87. The number of methoxy groups -OCH3 is 3. The van der Waals surface area contributed by atoms with E-state index in [-0.39, 0.29) is 18.3 Å². The molecule has 2 aromatic rings. The van der Waals surface area contributed by atoms with E-state index < -0.39 is 0 Å². The molecule has 0 saturated heterocycles. The van der Waals surface area contributed by atoms with Gasteiger partial charge in [0.2, 0.25) is 5.75 Å². The first-order valence-electron chi connectivity index (χ1n) is 6.75. The first kappa shape index (κ1) is 14.7. The van der Waals surface area contributed by atoms with Crippen LogP contribution in [0.5, 0.6) is 23.0 Å². The number of esters is 1. The van der Waals surface area contributed by atoms with E-state index >= 15 is 0 Å². The van der Waals surface area contributed by atoms with Crippen molar-refractivity contribution >= 4 is 17.3 Å². The Morgan fingerprint density at radius 3 is 2.55 bits per heavy atom. The fourth-order valence-corrected chi connectivity index (χ4v) is 3.48. The van der Waals surface area contributed by atoms with Crippen LogP contribution in [0.15, 0.2) is 22.9 Å². The molecule has 3 rings (SSSR count). The molecule has 0 spiro atoms. The molecule has 1 aliphatic rings. The van der Waals surface area contributed by atoms with Crippen molar-refractivity contribution in [2.24, 2.45) is 0 Å². The van der Waals surface area contributed by atoms with Gasteiger partial charge in [-0.3, -0.25) is 4.79 Å². The van der Waals surface area contributed by atoms with Crippen molar-refractivity contribution in [2.45, 2.75) is 12.3 Å². The van der Waals surface area contributed by atoms with Crippen LogP contribution < -0.4 is 18.9 Å². The quantitative estimate of drug-likeness (QED) is 0.639. The van der Waals surface area contributed by atoms with Crippen molar-refractivity contribution in [3.63, 3.8) is 0 Å². The van der Waals surface area contributed by atoms with Gasteiger partial charge in [0.05, 0.1) is 27.8 Å². The first-order valence-corrected chi connectivity index (χ1v) is 7.69. The van der Waals surface area contributed by atoms with Crippen LogP contribution in [0.2, 0.25) is 0 Å². The van der Waals surface area contributed by atoms with Gasteiger partial charge in [-0.15, -0.1) is 0 Å². The van der Waals surface area contributed by atoms with E-state index in [0.29, 0.717) is 23.0 Å². The highest BCUT2D eigenvalue weighted by atomic mass is 32.1. The molecule has 5 nitrogen and oxygen atoms in total. The maximum atomic E-state index is 12.0. The Hall–Kier alpha value is -2.21.